The molecular formula is C19H26N4O2. The van der Waals surface area contributed by atoms with Gasteiger partial charge in [0.2, 0.25) is 0 Å². The van der Waals surface area contributed by atoms with Gasteiger partial charge in [0.15, 0.2) is 0 Å². The summed E-state index contributed by atoms with van der Waals surface area (Å²) >= 11 is 0. The molecule has 1 atom stereocenters. The van der Waals surface area contributed by atoms with Gasteiger partial charge in [0.25, 0.3) is 5.91 Å². The average molecular weight is 342 g/mol. The van der Waals surface area contributed by atoms with Gasteiger partial charge in [0.05, 0.1) is 30.0 Å². The molecule has 1 fully saturated rings. The number of morpholine rings is 1. The maximum Gasteiger partial charge on any atom is 0.258 e. The minimum absolute atomic E-state index is 0.143. The van der Waals surface area contributed by atoms with E-state index in [1.165, 1.54) is 0 Å². The molecule has 0 saturated carbocycles. The summed E-state index contributed by atoms with van der Waals surface area (Å²) in [7, 11) is 0. The lowest BCUT2D eigenvalue weighted by Gasteiger charge is -2.33. The summed E-state index contributed by atoms with van der Waals surface area (Å²) in [5, 5.41) is 7.20. The van der Waals surface area contributed by atoms with Crippen molar-refractivity contribution in [2.24, 2.45) is 0 Å². The zero-order valence-corrected chi connectivity index (χ0v) is 15.3. The minimum Gasteiger partial charge on any atom is -0.375 e. The molecule has 0 radical (unpaired) electrons. The Morgan fingerprint density at radius 2 is 2.00 bits per heavy atom. The van der Waals surface area contributed by atoms with Crippen LogP contribution < -0.4 is 10.2 Å². The molecule has 1 amide bonds. The van der Waals surface area contributed by atoms with Gasteiger partial charge in [-0.05, 0) is 52.0 Å². The van der Waals surface area contributed by atoms with Crippen molar-refractivity contribution in [2.45, 2.75) is 39.3 Å². The first-order valence-corrected chi connectivity index (χ1v) is 8.66. The Balaban J connectivity index is 1.65. The van der Waals surface area contributed by atoms with Crippen LogP contribution in [0.15, 0.2) is 36.7 Å². The van der Waals surface area contributed by atoms with E-state index in [9.17, 15) is 4.79 Å². The Hall–Kier alpha value is -2.34. The molecule has 25 heavy (non-hydrogen) atoms. The summed E-state index contributed by atoms with van der Waals surface area (Å²) < 4.78 is 7.37. The van der Waals surface area contributed by atoms with Gasteiger partial charge in [0, 0.05) is 30.7 Å². The summed E-state index contributed by atoms with van der Waals surface area (Å²) in [6.07, 6.45) is 3.62. The molecular weight excluding hydrogens is 316 g/mol. The highest BCUT2D eigenvalue weighted by molar-refractivity contribution is 6.04. The quantitative estimate of drug-likeness (QED) is 0.931. The lowest BCUT2D eigenvalue weighted by Crippen LogP contribution is -2.41. The first kappa shape index (κ1) is 17.5. The Morgan fingerprint density at radius 3 is 2.60 bits per heavy atom. The molecule has 1 aliphatic rings. The number of hydrogen-bond donors (Lipinski definition) is 1. The largest absolute Gasteiger partial charge is 0.375 e. The van der Waals surface area contributed by atoms with Crippen LogP contribution in [0, 0.1) is 0 Å². The third-order valence-electron chi connectivity index (χ3n) is 4.26. The van der Waals surface area contributed by atoms with Crippen LogP contribution in [0.25, 0.3) is 0 Å². The Morgan fingerprint density at radius 1 is 1.28 bits per heavy atom. The lowest BCUT2D eigenvalue weighted by molar-refractivity contribution is 0.0532. The van der Waals surface area contributed by atoms with E-state index in [1.807, 2.05) is 45.0 Å². The molecule has 1 aromatic heterocycles. The van der Waals surface area contributed by atoms with Crippen molar-refractivity contribution in [2.75, 3.05) is 29.9 Å². The van der Waals surface area contributed by atoms with Crippen LogP contribution in [-0.4, -0.2) is 41.5 Å². The van der Waals surface area contributed by atoms with Crippen LogP contribution in [-0.2, 0) is 10.3 Å². The monoisotopic (exact) mass is 342 g/mol. The zero-order valence-electron chi connectivity index (χ0n) is 15.3. The van der Waals surface area contributed by atoms with Gasteiger partial charge in [-0.1, -0.05) is 0 Å². The summed E-state index contributed by atoms with van der Waals surface area (Å²) in [4.78, 5) is 14.7. The lowest BCUT2D eigenvalue weighted by atomic mass is 10.1. The number of carbonyl (C=O) groups excluding carboxylic acids is 1. The summed E-state index contributed by atoms with van der Waals surface area (Å²) in [6, 6.07) is 7.93. The zero-order chi connectivity index (χ0) is 18.0. The first-order valence-electron chi connectivity index (χ1n) is 8.66. The molecule has 1 aliphatic heterocycles. The maximum atomic E-state index is 12.4. The van der Waals surface area contributed by atoms with Gasteiger partial charge in [-0.15, -0.1) is 0 Å². The standard InChI is InChI=1S/C19H26N4O2/c1-14-12-22(9-10-25-14)17-7-5-16(6-8-17)21-18(24)15-11-20-23(13-15)19(2,3)4/h5-8,11,13-14H,9-10,12H2,1-4H3,(H,21,24)/t14-/m0/s1. The van der Waals surface area contributed by atoms with Crippen LogP contribution in [0.4, 0.5) is 11.4 Å². The van der Waals surface area contributed by atoms with Crippen molar-refractivity contribution >= 4 is 17.3 Å². The van der Waals surface area contributed by atoms with Gasteiger partial charge in [-0.3, -0.25) is 9.48 Å². The fraction of sp³-hybridized carbons (Fsp3) is 0.474. The Kier molecular flexibility index (Phi) is 4.81. The molecule has 6 nitrogen and oxygen atoms in total. The van der Waals surface area contributed by atoms with Gasteiger partial charge in [-0.25, -0.2) is 0 Å². The van der Waals surface area contributed by atoms with Crippen molar-refractivity contribution in [1.29, 1.82) is 0 Å². The fourth-order valence-corrected chi connectivity index (χ4v) is 2.82. The van der Waals surface area contributed by atoms with Crippen LogP contribution >= 0.6 is 0 Å². The van der Waals surface area contributed by atoms with Crippen LogP contribution in [0.1, 0.15) is 38.1 Å². The molecule has 134 valence electrons. The first-order chi connectivity index (χ1) is 11.8. The topological polar surface area (TPSA) is 59.4 Å². The fourth-order valence-electron chi connectivity index (χ4n) is 2.82. The summed E-state index contributed by atoms with van der Waals surface area (Å²) in [5.41, 5.74) is 2.34. The number of ether oxygens (including phenoxy) is 1. The normalized spacial score (nSPS) is 18.2. The molecule has 2 aromatic rings. The predicted octanol–water partition coefficient (Wildman–Crippen LogP) is 3.12. The molecule has 1 N–H and O–H groups in total. The average Bonchev–Trinajstić information content (AvgIpc) is 3.06. The number of rotatable bonds is 3. The number of amides is 1. The van der Waals surface area contributed by atoms with Crippen molar-refractivity contribution in [3.05, 3.63) is 42.2 Å². The molecule has 1 saturated heterocycles. The van der Waals surface area contributed by atoms with Crippen molar-refractivity contribution < 1.29 is 9.53 Å². The third kappa shape index (κ3) is 4.20. The van der Waals surface area contributed by atoms with Crippen molar-refractivity contribution in [3.8, 4) is 0 Å². The third-order valence-corrected chi connectivity index (χ3v) is 4.26. The smallest absolute Gasteiger partial charge is 0.258 e. The van der Waals surface area contributed by atoms with E-state index in [0.29, 0.717) is 5.56 Å². The van der Waals surface area contributed by atoms with Crippen LogP contribution in [0.3, 0.4) is 0 Å². The molecule has 6 heteroatoms. The van der Waals surface area contributed by atoms with E-state index >= 15 is 0 Å². The Bertz CT molecular complexity index is 731. The number of nitrogens with zero attached hydrogens (tertiary/aromatic N) is 3. The van der Waals surface area contributed by atoms with Gasteiger partial charge >= 0.3 is 0 Å². The number of benzene rings is 1. The van der Waals surface area contributed by atoms with Crippen LogP contribution in [0.5, 0.6) is 0 Å². The molecule has 2 heterocycles. The summed E-state index contributed by atoms with van der Waals surface area (Å²) in [5.74, 6) is -0.150. The molecule has 1 aromatic carbocycles. The SMILES string of the molecule is C[C@H]1CN(c2ccc(NC(=O)c3cnn(C(C)(C)C)c3)cc2)CCO1. The predicted molar refractivity (Wildman–Crippen MR) is 99.2 cm³/mol. The van der Waals surface area contributed by atoms with E-state index in [0.717, 1.165) is 31.1 Å². The highest BCUT2D eigenvalue weighted by atomic mass is 16.5. The number of carbonyl (C=O) groups is 1. The molecule has 3 rings (SSSR count). The van der Waals surface area contributed by atoms with Gasteiger partial charge < -0.3 is 15.0 Å². The van der Waals surface area contributed by atoms with E-state index < -0.39 is 0 Å². The van der Waals surface area contributed by atoms with E-state index in [2.05, 4.69) is 22.2 Å². The number of nitrogens with one attached hydrogen (secondary N) is 1. The van der Waals surface area contributed by atoms with Crippen LogP contribution in [0.2, 0.25) is 0 Å². The van der Waals surface area contributed by atoms with Crippen molar-refractivity contribution in [1.82, 2.24) is 9.78 Å². The second-order valence-electron chi connectivity index (χ2n) is 7.47. The molecule has 0 aliphatic carbocycles. The van der Waals surface area contributed by atoms with E-state index in [4.69, 9.17) is 4.74 Å². The highest BCUT2D eigenvalue weighted by Gasteiger charge is 2.18. The van der Waals surface area contributed by atoms with E-state index in [-0.39, 0.29) is 17.6 Å². The van der Waals surface area contributed by atoms with Gasteiger partial charge in [0.1, 0.15) is 0 Å². The summed E-state index contributed by atoms with van der Waals surface area (Å²) in [6.45, 7) is 10.8. The maximum absolute atomic E-state index is 12.4. The second-order valence-corrected chi connectivity index (χ2v) is 7.47. The number of hydrogen-bond acceptors (Lipinski definition) is 4. The molecule has 0 spiro atoms. The minimum atomic E-state index is -0.150. The number of anilines is 2. The van der Waals surface area contributed by atoms with Crippen molar-refractivity contribution in [3.63, 3.8) is 0 Å². The second kappa shape index (κ2) is 6.88. The number of aromatic nitrogens is 2. The van der Waals surface area contributed by atoms with Gasteiger partial charge in [-0.2, -0.15) is 5.10 Å². The molecule has 0 bridgehead atoms. The molecule has 0 unspecified atom stereocenters. The van der Waals surface area contributed by atoms with E-state index in [1.54, 1.807) is 17.1 Å². The highest BCUT2D eigenvalue weighted by Crippen LogP contribution is 2.21. The Labute approximate surface area is 148 Å².